The highest BCUT2D eigenvalue weighted by atomic mass is 79.9. The highest BCUT2D eigenvalue weighted by Gasteiger charge is 2.13. The Labute approximate surface area is 248 Å². The van der Waals surface area contributed by atoms with Crippen LogP contribution in [-0.4, -0.2) is 23.8 Å². The van der Waals surface area contributed by atoms with E-state index in [-0.39, 0.29) is 24.5 Å². The summed E-state index contributed by atoms with van der Waals surface area (Å²) in [6.45, 7) is 0.238. The highest BCUT2D eigenvalue weighted by molar-refractivity contribution is 9.10. The summed E-state index contributed by atoms with van der Waals surface area (Å²) in [5, 5.41) is 6.17. The largest absolute Gasteiger partial charge is 0.493 e. The number of aromatic nitrogens is 1. The van der Waals surface area contributed by atoms with Crippen molar-refractivity contribution in [3.63, 3.8) is 0 Å². The minimum atomic E-state index is -0.347. The van der Waals surface area contributed by atoms with Crippen LogP contribution in [0.15, 0.2) is 93.2 Å². The smallest absolute Gasteiger partial charge is 0.260 e. The lowest BCUT2D eigenvalue weighted by Gasteiger charge is -2.14. The van der Waals surface area contributed by atoms with E-state index in [9.17, 15) is 9.59 Å². The number of hydrazone groups is 1. The lowest BCUT2D eigenvalue weighted by atomic mass is 10.1. The van der Waals surface area contributed by atoms with Crippen molar-refractivity contribution in [2.75, 3.05) is 7.11 Å². The molecule has 1 heterocycles. The van der Waals surface area contributed by atoms with Gasteiger partial charge in [-0.15, -0.1) is 0 Å². The number of para-hydroxylation sites is 2. The van der Waals surface area contributed by atoms with E-state index in [0.717, 1.165) is 5.56 Å². The zero-order chi connectivity index (χ0) is 28.2. The maximum atomic E-state index is 12.9. The number of hydrogen-bond donors (Lipinski definition) is 1. The van der Waals surface area contributed by atoms with Gasteiger partial charge in [0.1, 0.15) is 13.2 Å². The molecule has 0 aliphatic heterocycles. The number of amides is 1. The molecular formula is C30H22BrCl2N3O4. The number of nitrogens with one attached hydrogen (secondary N) is 1. The molecule has 0 radical (unpaired) electrons. The van der Waals surface area contributed by atoms with E-state index < -0.39 is 0 Å². The summed E-state index contributed by atoms with van der Waals surface area (Å²) in [5.74, 6) is 0.653. The quantitative estimate of drug-likeness (QED) is 0.113. The summed E-state index contributed by atoms with van der Waals surface area (Å²) in [6, 6.07) is 23.3. The average Bonchev–Trinajstić information content (AvgIpc) is 2.96. The fraction of sp³-hybridized carbons (Fsp3) is 0.100. The molecule has 1 N–H and O–H groups in total. The molecule has 0 aliphatic rings. The monoisotopic (exact) mass is 637 g/mol. The molecule has 0 unspecified atom stereocenters. The van der Waals surface area contributed by atoms with Crippen molar-refractivity contribution in [2.45, 2.75) is 13.2 Å². The van der Waals surface area contributed by atoms with Crippen molar-refractivity contribution in [1.29, 1.82) is 0 Å². The topological polar surface area (TPSA) is 81.9 Å². The lowest BCUT2D eigenvalue weighted by Crippen LogP contribution is -2.25. The molecule has 0 aliphatic carbocycles. The van der Waals surface area contributed by atoms with Crippen molar-refractivity contribution in [3.05, 3.63) is 115 Å². The number of halogens is 3. The molecule has 5 aromatic rings. The van der Waals surface area contributed by atoms with Crippen LogP contribution in [0.1, 0.15) is 11.1 Å². The first-order chi connectivity index (χ1) is 19.4. The number of nitrogens with zero attached hydrogens (tertiary/aromatic N) is 2. The average molecular weight is 639 g/mol. The van der Waals surface area contributed by atoms with Crippen LogP contribution < -0.4 is 20.3 Å². The van der Waals surface area contributed by atoms with Crippen LogP contribution in [0.5, 0.6) is 11.5 Å². The van der Waals surface area contributed by atoms with Crippen molar-refractivity contribution in [3.8, 4) is 11.5 Å². The fourth-order valence-corrected chi connectivity index (χ4v) is 5.06. The predicted molar refractivity (Wildman–Crippen MR) is 163 cm³/mol. The number of benzene rings is 4. The Kier molecular flexibility index (Phi) is 8.40. The Bertz CT molecular complexity index is 1780. The molecule has 40 heavy (non-hydrogen) atoms. The Balaban J connectivity index is 1.32. The standard InChI is InChI=1S/C30H22BrCl2N3O4/c1-39-27-13-19(22(31)14-28(27)40-17-18-10-11-23(32)24(33)12-18)15-34-35-29(37)16-36-25-8-4-2-6-20(25)30(38)21-7-3-5-9-26(21)36/h2-15H,16-17H2,1H3,(H,35,37)/b34-15+. The van der Waals surface area contributed by atoms with Gasteiger partial charge in [0.05, 0.1) is 34.4 Å². The molecule has 1 aromatic heterocycles. The van der Waals surface area contributed by atoms with Crippen molar-refractivity contribution >= 4 is 73.1 Å². The molecule has 0 spiro atoms. The van der Waals surface area contributed by atoms with Crippen LogP contribution in [-0.2, 0) is 17.9 Å². The zero-order valence-corrected chi connectivity index (χ0v) is 24.3. The Morgan fingerprint density at radius 3 is 2.27 bits per heavy atom. The summed E-state index contributed by atoms with van der Waals surface area (Å²) >= 11 is 15.6. The second-order valence-electron chi connectivity index (χ2n) is 8.80. The van der Waals surface area contributed by atoms with Gasteiger partial charge in [0.25, 0.3) is 5.91 Å². The number of methoxy groups -OCH3 is 1. The molecule has 202 valence electrons. The number of rotatable bonds is 8. The van der Waals surface area contributed by atoms with E-state index in [4.69, 9.17) is 32.7 Å². The van der Waals surface area contributed by atoms with Gasteiger partial charge in [-0.3, -0.25) is 9.59 Å². The van der Waals surface area contributed by atoms with Crippen molar-refractivity contribution in [2.24, 2.45) is 5.10 Å². The van der Waals surface area contributed by atoms with Gasteiger partial charge in [0.15, 0.2) is 16.9 Å². The first kappa shape index (κ1) is 27.7. The molecule has 0 atom stereocenters. The van der Waals surface area contributed by atoms with E-state index in [1.165, 1.54) is 13.3 Å². The molecule has 4 aromatic carbocycles. The van der Waals surface area contributed by atoms with E-state index >= 15 is 0 Å². The normalized spacial score (nSPS) is 11.3. The van der Waals surface area contributed by atoms with Gasteiger partial charge in [0, 0.05) is 20.8 Å². The van der Waals surface area contributed by atoms with E-state index in [2.05, 4.69) is 26.5 Å². The van der Waals surface area contributed by atoms with Crippen molar-refractivity contribution < 1.29 is 14.3 Å². The van der Waals surface area contributed by atoms with Crippen molar-refractivity contribution in [1.82, 2.24) is 9.99 Å². The molecule has 10 heteroatoms. The summed E-state index contributed by atoms with van der Waals surface area (Å²) < 4.78 is 13.9. The number of carbonyl (C=O) groups excluding carboxylic acids is 1. The maximum Gasteiger partial charge on any atom is 0.260 e. The number of fused-ring (bicyclic) bond motifs is 2. The third-order valence-electron chi connectivity index (χ3n) is 6.23. The molecule has 7 nitrogen and oxygen atoms in total. The minimum Gasteiger partial charge on any atom is -0.493 e. The fourth-order valence-electron chi connectivity index (χ4n) is 4.31. The van der Waals surface area contributed by atoms with E-state index in [0.29, 0.717) is 53.4 Å². The van der Waals surface area contributed by atoms with Gasteiger partial charge in [0.2, 0.25) is 0 Å². The molecular weight excluding hydrogens is 617 g/mol. The summed E-state index contributed by atoms with van der Waals surface area (Å²) in [4.78, 5) is 25.8. The van der Waals surface area contributed by atoms with Crippen LogP contribution in [0.3, 0.4) is 0 Å². The summed E-state index contributed by atoms with van der Waals surface area (Å²) in [5.41, 5.74) is 5.38. The summed E-state index contributed by atoms with van der Waals surface area (Å²) in [6.07, 6.45) is 1.51. The van der Waals surface area contributed by atoms with E-state index in [1.54, 1.807) is 36.4 Å². The first-order valence-corrected chi connectivity index (χ1v) is 13.7. The first-order valence-electron chi connectivity index (χ1n) is 12.1. The number of pyridine rings is 1. The molecule has 0 saturated heterocycles. The lowest BCUT2D eigenvalue weighted by molar-refractivity contribution is -0.121. The van der Waals surface area contributed by atoms with Gasteiger partial charge < -0.3 is 14.0 Å². The third kappa shape index (κ3) is 5.84. The minimum absolute atomic E-state index is 0.0232. The second-order valence-corrected chi connectivity index (χ2v) is 10.5. The molecule has 0 fully saturated rings. The zero-order valence-electron chi connectivity index (χ0n) is 21.2. The number of ether oxygens (including phenoxy) is 2. The van der Waals surface area contributed by atoms with E-state index in [1.807, 2.05) is 47.0 Å². The van der Waals surface area contributed by atoms with Gasteiger partial charge in [-0.25, -0.2) is 5.43 Å². The third-order valence-corrected chi connectivity index (χ3v) is 7.66. The number of carbonyl (C=O) groups is 1. The maximum absolute atomic E-state index is 12.9. The van der Waals surface area contributed by atoms with Gasteiger partial charge in [-0.05, 0) is 70.0 Å². The molecule has 0 saturated carbocycles. The molecule has 0 bridgehead atoms. The van der Waals surface area contributed by atoms with Crippen LogP contribution >= 0.6 is 39.1 Å². The predicted octanol–water partition coefficient (Wildman–Crippen LogP) is 6.96. The van der Waals surface area contributed by atoms with Crippen LogP contribution in [0, 0.1) is 0 Å². The highest BCUT2D eigenvalue weighted by Crippen LogP contribution is 2.34. The SMILES string of the molecule is COc1cc(/C=N/NC(=O)Cn2c3ccccc3c(=O)c3ccccc32)c(Br)cc1OCc1ccc(Cl)c(Cl)c1. The molecule has 1 amide bonds. The van der Waals surface area contributed by atoms with Crippen LogP contribution in [0.25, 0.3) is 21.8 Å². The summed E-state index contributed by atoms with van der Waals surface area (Å²) in [7, 11) is 1.54. The van der Waals surface area contributed by atoms with Gasteiger partial charge in [-0.2, -0.15) is 5.10 Å². The Morgan fingerprint density at radius 2 is 1.62 bits per heavy atom. The van der Waals surface area contributed by atoms with Crippen LogP contribution in [0.4, 0.5) is 0 Å². The van der Waals surface area contributed by atoms with Gasteiger partial charge in [-0.1, -0.05) is 53.5 Å². The number of hydrogen-bond acceptors (Lipinski definition) is 5. The second kappa shape index (κ2) is 12.1. The van der Waals surface area contributed by atoms with Gasteiger partial charge >= 0.3 is 0 Å². The molecule has 5 rings (SSSR count). The van der Waals surface area contributed by atoms with Crippen LogP contribution in [0.2, 0.25) is 10.0 Å². The Morgan fingerprint density at radius 1 is 0.950 bits per heavy atom. The Hall–Kier alpha value is -3.85.